The van der Waals surface area contributed by atoms with Gasteiger partial charge in [0.15, 0.2) is 0 Å². The fraction of sp³-hybridized carbons (Fsp3) is 0.294. The molecule has 0 radical (unpaired) electrons. The number of esters is 1. The molecule has 9 heteroatoms. The molecular weight excluding hydrogens is 581 g/mol. The number of aromatic amines is 1. The molecule has 7 unspecified atom stereocenters. The molecule has 2 aliphatic heterocycles. The number of thiazole rings is 1. The van der Waals surface area contributed by atoms with Gasteiger partial charge in [0.25, 0.3) is 0 Å². The van der Waals surface area contributed by atoms with E-state index in [9.17, 15) is 19.2 Å². The second kappa shape index (κ2) is 10.1. The molecular formula is C34H28N2O5S2. The second-order valence-corrected chi connectivity index (χ2v) is 13.9. The van der Waals surface area contributed by atoms with Crippen LogP contribution in [0.1, 0.15) is 40.1 Å². The minimum absolute atomic E-state index is 0.0215. The number of aromatic nitrogens is 1. The molecule has 43 heavy (non-hydrogen) atoms. The Kier molecular flexibility index (Phi) is 6.24. The number of hydrogen-bond acceptors (Lipinski definition) is 7. The Labute approximate surface area is 256 Å². The van der Waals surface area contributed by atoms with E-state index in [1.807, 2.05) is 18.2 Å². The number of H-pyrrole nitrogens is 1. The fourth-order valence-electron chi connectivity index (χ4n) is 8.12. The van der Waals surface area contributed by atoms with E-state index in [0.717, 1.165) is 33.0 Å². The molecule has 2 saturated carbocycles. The number of anilines is 1. The zero-order valence-corrected chi connectivity index (χ0v) is 24.9. The van der Waals surface area contributed by atoms with Crippen molar-refractivity contribution in [2.75, 3.05) is 11.5 Å². The van der Waals surface area contributed by atoms with Crippen molar-refractivity contribution in [2.45, 2.75) is 29.5 Å². The summed E-state index contributed by atoms with van der Waals surface area (Å²) in [5.41, 5.74) is 4.28. The fourth-order valence-corrected chi connectivity index (χ4v) is 11.0. The monoisotopic (exact) mass is 608 g/mol. The van der Waals surface area contributed by atoms with E-state index in [2.05, 4.69) is 41.4 Å². The minimum Gasteiger partial charge on any atom is -0.462 e. The number of nitrogens with one attached hydrogen (secondary N) is 1. The molecule has 3 heterocycles. The third-order valence-electron chi connectivity index (χ3n) is 9.74. The molecule has 7 atom stereocenters. The SMILES string of the molecule is CCOC(=O)c1ccc(N2C(=O)C3C4CC(C3C2=O)C2C(c3ccc(-c5ccccc5)cc3)c3sc(=O)[nH]c3SC42)cc1. The zero-order valence-electron chi connectivity index (χ0n) is 23.3. The average Bonchev–Trinajstić information content (AvgIpc) is 3.76. The maximum atomic E-state index is 14.0. The summed E-state index contributed by atoms with van der Waals surface area (Å²) in [6.07, 6.45) is 0.836. The Morgan fingerprint density at radius 1 is 0.884 bits per heavy atom. The van der Waals surface area contributed by atoms with Crippen LogP contribution in [0.15, 0.2) is 88.7 Å². The lowest BCUT2D eigenvalue weighted by molar-refractivity contribution is -0.123. The summed E-state index contributed by atoms with van der Waals surface area (Å²) in [4.78, 5) is 58.0. The van der Waals surface area contributed by atoms with Gasteiger partial charge in [-0.3, -0.25) is 19.3 Å². The summed E-state index contributed by atoms with van der Waals surface area (Å²) in [6, 6.07) is 25.4. The number of carbonyl (C=O) groups is 3. The van der Waals surface area contributed by atoms with Gasteiger partial charge in [-0.15, -0.1) is 11.8 Å². The standard InChI is InChI=1S/C34H28N2O5S2/c1-2-41-33(39)20-12-14-21(15-13-20)36-31(37)26-22-16-23(27(26)32(36)38)28-25(22)24(29-30(42-28)35-34(40)43-29)19-10-8-18(9-11-19)17-6-4-3-5-7-17/h3-15,22-28H,2,16H2,1H3,(H,35,40). The van der Waals surface area contributed by atoms with Crippen LogP contribution in [0, 0.1) is 29.6 Å². The van der Waals surface area contributed by atoms with E-state index < -0.39 is 5.97 Å². The highest BCUT2D eigenvalue weighted by Gasteiger charge is 2.69. The number of imide groups is 1. The van der Waals surface area contributed by atoms with Crippen molar-refractivity contribution < 1.29 is 19.1 Å². The molecule has 2 bridgehead atoms. The van der Waals surface area contributed by atoms with Crippen molar-refractivity contribution >= 4 is 46.6 Å². The number of thioether (sulfide) groups is 1. The molecule has 4 aliphatic rings. The molecule has 3 fully saturated rings. The van der Waals surface area contributed by atoms with Crippen LogP contribution in [0.4, 0.5) is 5.69 Å². The number of ether oxygens (including phenoxy) is 1. The van der Waals surface area contributed by atoms with Crippen molar-refractivity contribution in [3.63, 3.8) is 0 Å². The highest BCUT2D eigenvalue weighted by Crippen LogP contribution is 2.68. The zero-order chi connectivity index (χ0) is 29.4. The van der Waals surface area contributed by atoms with Gasteiger partial charge in [0.1, 0.15) is 0 Å². The maximum absolute atomic E-state index is 14.0. The molecule has 1 saturated heterocycles. The first kappa shape index (κ1) is 26.7. The lowest BCUT2D eigenvalue weighted by Crippen LogP contribution is -2.42. The molecule has 7 nitrogen and oxygen atoms in total. The van der Waals surface area contributed by atoms with Gasteiger partial charge in [-0.2, -0.15) is 0 Å². The minimum atomic E-state index is -0.433. The first-order valence-electron chi connectivity index (χ1n) is 14.6. The molecule has 2 aliphatic carbocycles. The molecule has 1 N–H and O–H groups in total. The molecule has 8 rings (SSSR count). The van der Waals surface area contributed by atoms with Gasteiger partial charge in [-0.25, -0.2) is 4.79 Å². The van der Waals surface area contributed by atoms with Gasteiger partial charge < -0.3 is 9.72 Å². The molecule has 4 aromatic rings. The summed E-state index contributed by atoms with van der Waals surface area (Å²) in [6.45, 7) is 2.02. The van der Waals surface area contributed by atoms with E-state index >= 15 is 0 Å². The Hall–Kier alpha value is -3.95. The summed E-state index contributed by atoms with van der Waals surface area (Å²) in [5.74, 6) is -1.29. The van der Waals surface area contributed by atoms with Crippen LogP contribution < -0.4 is 9.77 Å². The lowest BCUT2D eigenvalue weighted by atomic mass is 9.68. The van der Waals surface area contributed by atoms with E-state index in [4.69, 9.17) is 4.74 Å². The van der Waals surface area contributed by atoms with Gasteiger partial charge in [0.2, 0.25) is 11.8 Å². The number of hydrogen-bond donors (Lipinski definition) is 1. The van der Waals surface area contributed by atoms with Crippen molar-refractivity contribution in [3.05, 3.63) is 105 Å². The quantitative estimate of drug-likeness (QED) is 0.222. The second-order valence-electron chi connectivity index (χ2n) is 11.7. The average molecular weight is 609 g/mol. The predicted molar refractivity (Wildman–Crippen MR) is 165 cm³/mol. The van der Waals surface area contributed by atoms with Crippen LogP contribution in [0.25, 0.3) is 11.1 Å². The van der Waals surface area contributed by atoms with E-state index in [1.165, 1.54) is 16.2 Å². The summed E-state index contributed by atoms with van der Waals surface area (Å²) in [7, 11) is 0. The Bertz CT molecular complexity index is 1810. The van der Waals surface area contributed by atoms with Crippen molar-refractivity contribution in [1.82, 2.24) is 4.98 Å². The number of nitrogens with zero attached hydrogens (tertiary/aromatic N) is 1. The smallest absolute Gasteiger partial charge is 0.338 e. The van der Waals surface area contributed by atoms with Gasteiger partial charge in [0, 0.05) is 16.0 Å². The lowest BCUT2D eigenvalue weighted by Gasteiger charge is -2.43. The van der Waals surface area contributed by atoms with E-state index in [-0.39, 0.29) is 64.1 Å². The topological polar surface area (TPSA) is 96.5 Å². The van der Waals surface area contributed by atoms with Gasteiger partial charge >= 0.3 is 10.8 Å². The van der Waals surface area contributed by atoms with Gasteiger partial charge in [0.05, 0.1) is 34.7 Å². The first-order chi connectivity index (χ1) is 20.9. The molecule has 0 spiro atoms. The Morgan fingerprint density at radius 2 is 1.56 bits per heavy atom. The van der Waals surface area contributed by atoms with Crippen molar-refractivity contribution in [1.29, 1.82) is 0 Å². The van der Waals surface area contributed by atoms with Gasteiger partial charge in [-0.1, -0.05) is 65.9 Å². The number of amides is 2. The summed E-state index contributed by atoms with van der Waals surface area (Å²) in [5, 5.41) is 1.03. The number of rotatable bonds is 5. The van der Waals surface area contributed by atoms with E-state index in [0.29, 0.717) is 11.3 Å². The van der Waals surface area contributed by atoms with Crippen LogP contribution in [0.2, 0.25) is 0 Å². The van der Waals surface area contributed by atoms with E-state index in [1.54, 1.807) is 43.0 Å². The molecule has 216 valence electrons. The Balaban J connectivity index is 1.14. The summed E-state index contributed by atoms with van der Waals surface area (Å²) < 4.78 is 5.08. The van der Waals surface area contributed by atoms with Crippen LogP contribution in [-0.4, -0.2) is 34.6 Å². The largest absolute Gasteiger partial charge is 0.462 e. The highest BCUT2D eigenvalue weighted by molar-refractivity contribution is 8.00. The van der Waals surface area contributed by atoms with Gasteiger partial charge in [-0.05, 0) is 72.1 Å². The maximum Gasteiger partial charge on any atom is 0.338 e. The number of benzene rings is 3. The third kappa shape index (κ3) is 4.01. The number of fused-ring (bicyclic) bond motifs is 9. The number of carbonyl (C=O) groups excluding carboxylic acids is 3. The van der Waals surface area contributed by atoms with Crippen LogP contribution >= 0.6 is 23.1 Å². The highest BCUT2D eigenvalue weighted by atomic mass is 32.2. The van der Waals surface area contributed by atoms with Crippen molar-refractivity contribution in [3.8, 4) is 11.1 Å². The normalized spacial score (nSPS) is 28.5. The third-order valence-corrected chi connectivity index (χ3v) is 12.3. The summed E-state index contributed by atoms with van der Waals surface area (Å²) >= 11 is 2.96. The van der Waals surface area contributed by atoms with Crippen molar-refractivity contribution in [2.24, 2.45) is 29.6 Å². The molecule has 3 aromatic carbocycles. The molecule has 1 aromatic heterocycles. The first-order valence-corrected chi connectivity index (χ1v) is 16.3. The Morgan fingerprint density at radius 3 is 2.26 bits per heavy atom. The molecule has 2 amide bonds. The van der Waals surface area contributed by atoms with Crippen LogP contribution in [0.5, 0.6) is 0 Å². The predicted octanol–water partition coefficient (Wildman–Crippen LogP) is 5.96. The van der Waals surface area contributed by atoms with Crippen LogP contribution in [-0.2, 0) is 14.3 Å². The van der Waals surface area contributed by atoms with Crippen LogP contribution in [0.3, 0.4) is 0 Å².